The predicted octanol–water partition coefficient (Wildman–Crippen LogP) is 1.98. The van der Waals surface area contributed by atoms with Crippen LogP contribution in [0.5, 0.6) is 0 Å². The summed E-state index contributed by atoms with van der Waals surface area (Å²) in [5.41, 5.74) is 5.72. The quantitative estimate of drug-likeness (QED) is 0.704. The Balaban J connectivity index is 1.95. The van der Waals surface area contributed by atoms with E-state index < -0.39 is 5.60 Å². The van der Waals surface area contributed by atoms with Gasteiger partial charge in [-0.2, -0.15) is 0 Å². The number of amides is 1. The molecule has 0 radical (unpaired) electrons. The second kappa shape index (κ2) is 4.48. The number of nitrogens with zero attached hydrogens (tertiary/aromatic N) is 1. The van der Waals surface area contributed by atoms with Crippen LogP contribution >= 0.6 is 0 Å². The first kappa shape index (κ1) is 12.7. The molecule has 0 aromatic heterocycles. The number of carbonyl (C=O) groups is 1. The lowest BCUT2D eigenvalue weighted by molar-refractivity contribution is 0.0283. The smallest absolute Gasteiger partial charge is 0.410 e. The fourth-order valence-corrected chi connectivity index (χ4v) is 2.99. The van der Waals surface area contributed by atoms with Gasteiger partial charge in [-0.1, -0.05) is 6.42 Å². The van der Waals surface area contributed by atoms with Crippen molar-refractivity contribution in [2.45, 2.75) is 51.7 Å². The van der Waals surface area contributed by atoms with Crippen LogP contribution in [0.4, 0.5) is 4.79 Å². The van der Waals surface area contributed by atoms with Crippen molar-refractivity contribution in [3.8, 4) is 0 Å². The molecular formula is C13H24N2O2. The summed E-state index contributed by atoms with van der Waals surface area (Å²) in [4.78, 5) is 13.8. The van der Waals surface area contributed by atoms with Crippen LogP contribution in [-0.2, 0) is 4.74 Å². The lowest BCUT2D eigenvalue weighted by Gasteiger charge is -2.29. The van der Waals surface area contributed by atoms with Crippen LogP contribution in [0.1, 0.15) is 40.0 Å². The molecule has 1 heterocycles. The molecule has 1 saturated carbocycles. The number of nitrogens with two attached hydrogens (primary N) is 1. The molecule has 0 aromatic carbocycles. The molecule has 2 fully saturated rings. The van der Waals surface area contributed by atoms with E-state index in [1.807, 2.05) is 25.7 Å². The maximum absolute atomic E-state index is 12.0. The second-order valence-electron chi connectivity index (χ2n) is 6.40. The maximum Gasteiger partial charge on any atom is 0.410 e. The van der Waals surface area contributed by atoms with Gasteiger partial charge in [0.25, 0.3) is 0 Å². The van der Waals surface area contributed by atoms with E-state index in [-0.39, 0.29) is 12.1 Å². The van der Waals surface area contributed by atoms with Gasteiger partial charge in [0, 0.05) is 19.1 Å². The van der Waals surface area contributed by atoms with Crippen molar-refractivity contribution >= 4 is 6.09 Å². The third-order valence-electron chi connectivity index (χ3n) is 3.81. The monoisotopic (exact) mass is 240 g/mol. The Labute approximate surface area is 103 Å². The molecule has 1 aliphatic carbocycles. The second-order valence-corrected chi connectivity index (χ2v) is 6.40. The minimum Gasteiger partial charge on any atom is -0.444 e. The number of rotatable bonds is 0. The van der Waals surface area contributed by atoms with E-state index in [0.29, 0.717) is 11.8 Å². The zero-order chi connectivity index (χ0) is 12.6. The number of likely N-dealkylation sites (tertiary alicyclic amines) is 1. The molecule has 0 bridgehead atoms. The average Bonchev–Trinajstić information content (AvgIpc) is 2.60. The fourth-order valence-electron chi connectivity index (χ4n) is 2.99. The molecule has 17 heavy (non-hydrogen) atoms. The van der Waals surface area contributed by atoms with Gasteiger partial charge >= 0.3 is 6.09 Å². The largest absolute Gasteiger partial charge is 0.444 e. The first-order valence-corrected chi connectivity index (χ1v) is 6.60. The molecule has 0 unspecified atom stereocenters. The lowest BCUT2D eigenvalue weighted by atomic mass is 9.78. The Bertz CT molecular complexity index is 298. The van der Waals surface area contributed by atoms with Crippen molar-refractivity contribution in [2.24, 2.45) is 17.6 Å². The van der Waals surface area contributed by atoms with Crippen LogP contribution in [0.3, 0.4) is 0 Å². The van der Waals surface area contributed by atoms with E-state index in [1.165, 1.54) is 12.8 Å². The van der Waals surface area contributed by atoms with Gasteiger partial charge in [0.1, 0.15) is 5.60 Å². The fraction of sp³-hybridized carbons (Fsp3) is 0.923. The Kier molecular flexibility index (Phi) is 3.34. The van der Waals surface area contributed by atoms with Crippen LogP contribution in [-0.4, -0.2) is 35.7 Å². The maximum atomic E-state index is 12.0. The predicted molar refractivity (Wildman–Crippen MR) is 66.6 cm³/mol. The number of hydrogen-bond acceptors (Lipinski definition) is 3. The molecule has 1 aliphatic heterocycles. The molecule has 2 aliphatic rings. The number of ether oxygens (including phenoxy) is 1. The molecule has 4 nitrogen and oxygen atoms in total. The summed E-state index contributed by atoms with van der Waals surface area (Å²) in [6.45, 7) is 7.31. The summed E-state index contributed by atoms with van der Waals surface area (Å²) < 4.78 is 5.41. The van der Waals surface area contributed by atoms with Gasteiger partial charge in [0.2, 0.25) is 0 Å². The highest BCUT2D eigenvalue weighted by atomic mass is 16.6. The average molecular weight is 240 g/mol. The first-order chi connectivity index (χ1) is 7.87. The third kappa shape index (κ3) is 2.92. The normalized spacial score (nSPS) is 33.4. The van der Waals surface area contributed by atoms with Crippen molar-refractivity contribution in [3.05, 3.63) is 0 Å². The molecule has 2 rings (SSSR count). The van der Waals surface area contributed by atoms with E-state index in [1.54, 1.807) is 0 Å². The molecule has 0 spiro atoms. The van der Waals surface area contributed by atoms with Gasteiger partial charge in [-0.3, -0.25) is 0 Å². The summed E-state index contributed by atoms with van der Waals surface area (Å²) in [6.07, 6.45) is 3.32. The summed E-state index contributed by atoms with van der Waals surface area (Å²) in [6, 6.07) is 0.265. The van der Waals surface area contributed by atoms with E-state index in [0.717, 1.165) is 19.5 Å². The van der Waals surface area contributed by atoms with Crippen molar-refractivity contribution in [1.29, 1.82) is 0 Å². The SMILES string of the molecule is CC(C)(C)OC(=O)N1C[C@H]2CCC[C@H](N)[C@@H]2C1. The molecule has 0 aromatic rings. The molecular weight excluding hydrogens is 216 g/mol. The van der Waals surface area contributed by atoms with Gasteiger partial charge < -0.3 is 15.4 Å². The molecule has 4 heteroatoms. The molecule has 1 amide bonds. The zero-order valence-corrected chi connectivity index (χ0v) is 11.1. The van der Waals surface area contributed by atoms with E-state index in [4.69, 9.17) is 10.5 Å². The van der Waals surface area contributed by atoms with Gasteiger partial charge in [-0.25, -0.2) is 4.79 Å². The minimum atomic E-state index is -0.410. The summed E-state index contributed by atoms with van der Waals surface area (Å²) in [7, 11) is 0. The van der Waals surface area contributed by atoms with Crippen molar-refractivity contribution < 1.29 is 9.53 Å². The highest BCUT2D eigenvalue weighted by Crippen LogP contribution is 2.35. The van der Waals surface area contributed by atoms with Crippen LogP contribution in [0.15, 0.2) is 0 Å². The number of fused-ring (bicyclic) bond motifs is 1. The standard InChI is InChI=1S/C13H24N2O2/c1-13(2,3)17-12(16)15-7-9-5-4-6-11(14)10(9)8-15/h9-11H,4-8,14H2,1-3H3/t9-,10-,11+/m1/s1. The van der Waals surface area contributed by atoms with E-state index in [2.05, 4.69) is 0 Å². The topological polar surface area (TPSA) is 55.6 Å². The van der Waals surface area contributed by atoms with Gasteiger partial charge in [0.15, 0.2) is 0 Å². The van der Waals surface area contributed by atoms with Crippen molar-refractivity contribution in [1.82, 2.24) is 4.90 Å². The van der Waals surface area contributed by atoms with Gasteiger partial charge in [0.05, 0.1) is 0 Å². The summed E-state index contributed by atoms with van der Waals surface area (Å²) in [5.74, 6) is 1.07. The Morgan fingerprint density at radius 1 is 1.29 bits per heavy atom. The molecule has 1 saturated heterocycles. The van der Waals surface area contributed by atoms with Crippen LogP contribution in [0, 0.1) is 11.8 Å². The highest BCUT2D eigenvalue weighted by molar-refractivity contribution is 5.68. The van der Waals surface area contributed by atoms with Gasteiger partial charge in [-0.15, -0.1) is 0 Å². The number of carbonyl (C=O) groups excluding carboxylic acids is 1. The van der Waals surface area contributed by atoms with Crippen LogP contribution in [0.25, 0.3) is 0 Å². The Morgan fingerprint density at radius 3 is 2.59 bits per heavy atom. The number of hydrogen-bond donors (Lipinski definition) is 1. The van der Waals surface area contributed by atoms with E-state index in [9.17, 15) is 4.79 Å². The molecule has 3 atom stereocenters. The van der Waals surface area contributed by atoms with E-state index >= 15 is 0 Å². The highest BCUT2D eigenvalue weighted by Gasteiger charge is 2.41. The molecule has 98 valence electrons. The van der Waals surface area contributed by atoms with Crippen molar-refractivity contribution in [2.75, 3.05) is 13.1 Å². The summed E-state index contributed by atoms with van der Waals surface area (Å²) >= 11 is 0. The third-order valence-corrected chi connectivity index (χ3v) is 3.81. The zero-order valence-electron chi connectivity index (χ0n) is 11.1. The minimum absolute atomic E-state index is 0.181. The summed E-state index contributed by atoms with van der Waals surface area (Å²) in [5, 5.41) is 0. The molecule has 2 N–H and O–H groups in total. The van der Waals surface area contributed by atoms with Crippen LogP contribution < -0.4 is 5.73 Å². The Morgan fingerprint density at radius 2 is 2.00 bits per heavy atom. The lowest BCUT2D eigenvalue weighted by Crippen LogP contribution is -2.39. The Hall–Kier alpha value is -0.770. The van der Waals surface area contributed by atoms with Crippen molar-refractivity contribution in [3.63, 3.8) is 0 Å². The van der Waals surface area contributed by atoms with Crippen LogP contribution in [0.2, 0.25) is 0 Å². The van der Waals surface area contributed by atoms with Gasteiger partial charge in [-0.05, 0) is 45.4 Å². The first-order valence-electron chi connectivity index (χ1n) is 6.60.